The molecule has 11 heteroatoms. The zero-order valence-electron chi connectivity index (χ0n) is 15.5. The van der Waals surface area contributed by atoms with Gasteiger partial charge in [-0.2, -0.15) is 18.4 Å². The first-order valence-electron chi connectivity index (χ1n) is 8.66. The van der Waals surface area contributed by atoms with Gasteiger partial charge in [-0.3, -0.25) is 15.0 Å². The summed E-state index contributed by atoms with van der Waals surface area (Å²) in [5, 5.41) is 23.7. The average molecular weight is 416 g/mol. The minimum Gasteiger partial charge on any atom is -0.271 e. The third kappa shape index (κ3) is 5.62. The van der Waals surface area contributed by atoms with E-state index < -0.39 is 17.6 Å². The Morgan fingerprint density at radius 1 is 1.13 bits per heavy atom. The Hall–Kier alpha value is -3.78. The molecule has 0 saturated heterocycles. The molecule has 0 spiro atoms. The number of halogens is 3. The average Bonchev–Trinajstić information content (AvgIpc) is 3.16. The highest BCUT2D eigenvalue weighted by Crippen LogP contribution is 2.21. The van der Waals surface area contributed by atoms with E-state index in [0.29, 0.717) is 16.7 Å². The van der Waals surface area contributed by atoms with Gasteiger partial charge in [-0.15, -0.1) is 5.10 Å². The topological polar surface area (TPSA) is 101 Å². The van der Waals surface area contributed by atoms with Gasteiger partial charge in [-0.1, -0.05) is 12.1 Å². The molecule has 0 aliphatic carbocycles. The smallest absolute Gasteiger partial charge is 0.271 e. The van der Waals surface area contributed by atoms with Crippen molar-refractivity contribution < 1.29 is 18.1 Å². The van der Waals surface area contributed by atoms with E-state index in [1.54, 1.807) is 24.3 Å². The van der Waals surface area contributed by atoms with Crippen LogP contribution in [0, 0.1) is 21.4 Å². The monoisotopic (exact) mass is 416 g/mol. The molecule has 1 aromatic heterocycles. The third-order valence-corrected chi connectivity index (χ3v) is 4.11. The summed E-state index contributed by atoms with van der Waals surface area (Å²) >= 11 is 0. The fourth-order valence-electron chi connectivity index (χ4n) is 2.78. The zero-order valence-corrected chi connectivity index (χ0v) is 15.5. The number of nitriles is 1. The number of nitrogens with zero attached hydrogens (tertiary/aromatic N) is 6. The minimum absolute atomic E-state index is 0.00204. The van der Waals surface area contributed by atoms with E-state index in [9.17, 15) is 23.3 Å². The Morgan fingerprint density at radius 2 is 1.80 bits per heavy atom. The summed E-state index contributed by atoms with van der Waals surface area (Å²) in [5.74, 6) is 0.246. The Balaban J connectivity index is 1.75. The van der Waals surface area contributed by atoms with Crippen molar-refractivity contribution in [2.24, 2.45) is 0 Å². The molecule has 0 fully saturated rings. The quantitative estimate of drug-likeness (QED) is 0.430. The van der Waals surface area contributed by atoms with Crippen molar-refractivity contribution >= 4 is 5.69 Å². The van der Waals surface area contributed by atoms with Crippen LogP contribution in [0.25, 0.3) is 11.4 Å². The highest BCUT2D eigenvalue weighted by atomic mass is 19.4. The molecule has 0 aliphatic heterocycles. The van der Waals surface area contributed by atoms with Gasteiger partial charge < -0.3 is 0 Å². The normalized spacial score (nSPS) is 11.4. The van der Waals surface area contributed by atoms with Crippen molar-refractivity contribution in [3.8, 4) is 17.5 Å². The second-order valence-electron chi connectivity index (χ2n) is 6.46. The summed E-state index contributed by atoms with van der Waals surface area (Å²) in [6.45, 7) is -1.32. The Morgan fingerprint density at radius 3 is 2.37 bits per heavy atom. The largest absolute Gasteiger partial charge is 0.401 e. The van der Waals surface area contributed by atoms with Crippen LogP contribution in [-0.4, -0.2) is 37.3 Å². The third-order valence-electron chi connectivity index (χ3n) is 4.11. The van der Waals surface area contributed by atoms with Gasteiger partial charge in [-0.05, 0) is 29.8 Å². The molecule has 2 aromatic carbocycles. The molecule has 0 unspecified atom stereocenters. The molecule has 154 valence electrons. The lowest BCUT2D eigenvalue weighted by molar-refractivity contribution is -0.384. The van der Waals surface area contributed by atoms with Gasteiger partial charge in [0.1, 0.15) is 6.33 Å². The van der Waals surface area contributed by atoms with Crippen LogP contribution < -0.4 is 0 Å². The van der Waals surface area contributed by atoms with Crippen LogP contribution in [0.15, 0.2) is 54.9 Å². The number of alkyl halides is 3. The van der Waals surface area contributed by atoms with E-state index in [-0.39, 0.29) is 24.7 Å². The van der Waals surface area contributed by atoms with E-state index in [2.05, 4.69) is 10.1 Å². The maximum atomic E-state index is 13.0. The lowest BCUT2D eigenvalue weighted by atomic mass is 10.1. The van der Waals surface area contributed by atoms with Crippen LogP contribution >= 0.6 is 0 Å². The summed E-state index contributed by atoms with van der Waals surface area (Å²) < 4.78 is 40.3. The van der Waals surface area contributed by atoms with Crippen molar-refractivity contribution in [3.63, 3.8) is 0 Å². The zero-order chi connectivity index (χ0) is 21.7. The Kier molecular flexibility index (Phi) is 6.08. The number of nitro groups is 1. The molecule has 3 rings (SSSR count). The standard InChI is InChI=1S/C19H15F3N6O2/c20-19(21,22)11-26(10-15-3-1-14(9-23)2-4-15)13-27-12-24-18(25-27)16-5-7-17(8-6-16)28(29)30/h1-8,12H,10-11,13H2. The molecule has 0 saturated carbocycles. The lowest BCUT2D eigenvalue weighted by Crippen LogP contribution is -2.35. The van der Waals surface area contributed by atoms with Gasteiger partial charge in [0.2, 0.25) is 0 Å². The van der Waals surface area contributed by atoms with Crippen LogP contribution in [0.2, 0.25) is 0 Å². The van der Waals surface area contributed by atoms with Gasteiger partial charge in [0, 0.05) is 24.2 Å². The SMILES string of the molecule is N#Cc1ccc(CN(Cn2cnc(-c3ccc([N+](=O)[O-])cc3)n2)CC(F)(F)F)cc1. The van der Waals surface area contributed by atoms with Gasteiger partial charge in [0.05, 0.1) is 29.8 Å². The predicted molar refractivity (Wildman–Crippen MR) is 99.7 cm³/mol. The fraction of sp³-hybridized carbons (Fsp3) is 0.211. The number of aromatic nitrogens is 3. The molecule has 30 heavy (non-hydrogen) atoms. The summed E-state index contributed by atoms with van der Waals surface area (Å²) in [6.07, 6.45) is -3.10. The fourth-order valence-corrected chi connectivity index (χ4v) is 2.78. The lowest BCUT2D eigenvalue weighted by Gasteiger charge is -2.23. The number of hydrogen-bond donors (Lipinski definition) is 0. The number of hydrogen-bond acceptors (Lipinski definition) is 6. The summed E-state index contributed by atoms with van der Waals surface area (Å²) in [5.41, 5.74) is 1.46. The highest BCUT2D eigenvalue weighted by Gasteiger charge is 2.31. The summed E-state index contributed by atoms with van der Waals surface area (Å²) in [4.78, 5) is 15.4. The first-order chi connectivity index (χ1) is 14.2. The number of non-ortho nitro benzene ring substituents is 1. The molecule has 3 aromatic rings. The molecule has 0 bridgehead atoms. The predicted octanol–water partition coefficient (Wildman–Crippen LogP) is 3.75. The summed E-state index contributed by atoms with van der Waals surface area (Å²) in [6, 6.07) is 13.8. The first kappa shape index (κ1) is 20.9. The number of benzene rings is 2. The number of rotatable bonds is 7. The molecule has 0 amide bonds. The van der Waals surface area contributed by atoms with Crippen molar-refractivity contribution in [2.45, 2.75) is 19.4 Å². The van der Waals surface area contributed by atoms with Crippen LogP contribution in [0.4, 0.5) is 18.9 Å². The van der Waals surface area contributed by atoms with E-state index in [1.807, 2.05) is 6.07 Å². The second-order valence-corrected chi connectivity index (χ2v) is 6.46. The van der Waals surface area contributed by atoms with E-state index in [0.717, 1.165) is 4.90 Å². The van der Waals surface area contributed by atoms with Gasteiger partial charge in [0.25, 0.3) is 5.69 Å². The Bertz CT molecular complexity index is 1060. The number of nitro benzene ring substituents is 1. The minimum atomic E-state index is -4.41. The molecule has 8 nitrogen and oxygen atoms in total. The second kappa shape index (κ2) is 8.71. The molecule has 0 aliphatic rings. The van der Waals surface area contributed by atoms with E-state index >= 15 is 0 Å². The van der Waals surface area contributed by atoms with Crippen LogP contribution in [0.5, 0.6) is 0 Å². The van der Waals surface area contributed by atoms with Gasteiger partial charge in [0.15, 0.2) is 5.82 Å². The molecule has 1 heterocycles. The van der Waals surface area contributed by atoms with Crippen molar-refractivity contribution in [2.75, 3.05) is 6.54 Å². The van der Waals surface area contributed by atoms with Crippen LogP contribution in [0.1, 0.15) is 11.1 Å². The summed E-state index contributed by atoms with van der Waals surface area (Å²) in [7, 11) is 0. The first-order valence-corrected chi connectivity index (χ1v) is 8.66. The van der Waals surface area contributed by atoms with Crippen molar-refractivity contribution in [1.82, 2.24) is 19.7 Å². The van der Waals surface area contributed by atoms with Crippen LogP contribution in [0.3, 0.4) is 0 Å². The maximum Gasteiger partial charge on any atom is 0.401 e. The van der Waals surface area contributed by atoms with Gasteiger partial charge >= 0.3 is 6.18 Å². The van der Waals surface area contributed by atoms with Crippen LogP contribution in [-0.2, 0) is 13.2 Å². The Labute approximate surface area is 168 Å². The van der Waals surface area contributed by atoms with Crippen molar-refractivity contribution in [1.29, 1.82) is 5.26 Å². The van der Waals surface area contributed by atoms with E-state index in [1.165, 1.54) is 35.3 Å². The van der Waals surface area contributed by atoms with Gasteiger partial charge in [-0.25, -0.2) is 9.67 Å². The molecular formula is C19H15F3N6O2. The highest BCUT2D eigenvalue weighted by molar-refractivity contribution is 5.56. The van der Waals surface area contributed by atoms with Crippen molar-refractivity contribution in [3.05, 3.63) is 76.1 Å². The van der Waals surface area contributed by atoms with E-state index in [4.69, 9.17) is 5.26 Å². The molecular weight excluding hydrogens is 401 g/mol. The molecule has 0 N–H and O–H groups in total. The maximum absolute atomic E-state index is 13.0. The molecule has 0 radical (unpaired) electrons. The molecule has 0 atom stereocenters.